The van der Waals surface area contributed by atoms with Crippen molar-refractivity contribution in [2.75, 3.05) is 0 Å². The summed E-state index contributed by atoms with van der Waals surface area (Å²) in [5.41, 5.74) is 21.4. The molecule has 360 valence electrons. The topological polar surface area (TPSA) is 35.9 Å². The van der Waals surface area contributed by atoms with Crippen LogP contribution in [-0.2, 0) is 34.1 Å². The summed E-state index contributed by atoms with van der Waals surface area (Å²) in [6, 6.07) is 51.8. The zero-order valence-electron chi connectivity index (χ0n) is 44.6. The van der Waals surface area contributed by atoms with Crippen LogP contribution in [0.3, 0.4) is 0 Å². The molecule has 1 aliphatic heterocycles. The van der Waals surface area contributed by atoms with Gasteiger partial charge in [0.25, 0.3) is 0 Å². The Morgan fingerprint density at radius 1 is 0.542 bits per heavy atom. The molecule has 72 heavy (non-hydrogen) atoms. The second-order valence-corrected chi connectivity index (χ2v) is 24.8. The molecule has 4 heterocycles. The van der Waals surface area contributed by atoms with E-state index in [9.17, 15) is 0 Å². The quantitative estimate of drug-likeness (QED) is 0.130. The monoisotopic (exact) mass is 943 g/mol. The maximum Gasteiger partial charge on any atom is 0.244 e. The van der Waals surface area contributed by atoms with Crippen LogP contribution in [0.15, 0.2) is 146 Å². The molecule has 0 amide bonds. The third kappa shape index (κ3) is 6.72. The van der Waals surface area contributed by atoms with Crippen LogP contribution in [0.2, 0.25) is 0 Å². The number of para-hydroxylation sites is 2. The molecule has 1 aliphatic carbocycles. The van der Waals surface area contributed by atoms with E-state index in [2.05, 4.69) is 257 Å². The molecule has 0 unspecified atom stereocenters. The summed E-state index contributed by atoms with van der Waals surface area (Å²) < 4.78 is 13.9. The number of fused-ring (bicyclic) bond motifs is 12. The van der Waals surface area contributed by atoms with E-state index in [1.807, 2.05) is 6.20 Å². The lowest BCUT2D eigenvalue weighted by Gasteiger charge is -2.45. The van der Waals surface area contributed by atoms with Crippen molar-refractivity contribution in [2.45, 2.75) is 117 Å². The van der Waals surface area contributed by atoms with Crippen LogP contribution >= 0.6 is 0 Å². The Bertz CT molecular complexity index is 3810. The normalized spacial score (nSPS) is 14.1. The molecule has 0 saturated heterocycles. The number of rotatable bonds is 4. The number of hydrogen-bond donors (Lipinski definition) is 0. The summed E-state index contributed by atoms with van der Waals surface area (Å²) in [6.07, 6.45) is 5.81. The Kier molecular flexibility index (Phi) is 9.80. The van der Waals surface area contributed by atoms with Gasteiger partial charge in [-0.2, -0.15) is 0 Å². The van der Waals surface area contributed by atoms with Gasteiger partial charge in [-0.1, -0.05) is 180 Å². The molecule has 7 aromatic carbocycles. The highest BCUT2D eigenvalue weighted by Gasteiger charge is 2.54. The van der Waals surface area contributed by atoms with Gasteiger partial charge in [0.1, 0.15) is 17.3 Å². The van der Waals surface area contributed by atoms with E-state index in [0.29, 0.717) is 0 Å². The fraction of sp³-hybridized carbons (Fsp3) is 0.284. The summed E-state index contributed by atoms with van der Waals surface area (Å²) >= 11 is 0. The molecule has 5 heteroatoms. The second-order valence-electron chi connectivity index (χ2n) is 24.8. The average molecular weight is 943 g/mol. The van der Waals surface area contributed by atoms with E-state index < -0.39 is 5.41 Å². The minimum atomic E-state index is -0.660. The molecular weight excluding hydrogens is 877 g/mol. The molecular formula is C67H66N4O. The standard InChI is InChI=1S/C67H66N4O/c1-40-31-59(68-38-50(40)41-21-16-15-17-22-41)71-55-25-19-18-23-46(55)47-29-27-44(36-57(47)71)72-45-28-30-51-58(37-45)70-39-69(14)56-26-20-24-52(62(56)70)67(51)60-48(32-42(63(2,3)4)34-53(60)65(8,9)10)49-33-43(64(5,6)7)35-54(61(49)67)66(11,12)13/h15-38H,1-14H3. The van der Waals surface area contributed by atoms with E-state index in [4.69, 9.17) is 9.72 Å². The number of aromatic nitrogens is 4. The SMILES string of the molecule is Cc1cc(-n2c3ccccc3c3ccc(Oc4ccc5c(c4)-n4[c-][n+](C)c6cccc(c64)C54c5c(cc(C(C)(C)C)cc5C(C)(C)C)-c5cc(C(C)(C)C)cc(C(C)(C)C)c54)cc32)ncc1-c1ccccc1. The van der Waals surface area contributed by atoms with Crippen molar-refractivity contribution in [1.29, 1.82) is 0 Å². The fourth-order valence-corrected chi connectivity index (χ4v) is 12.2. The molecule has 0 saturated carbocycles. The van der Waals surface area contributed by atoms with Gasteiger partial charge in [0.2, 0.25) is 6.33 Å². The number of pyridine rings is 1. The Labute approximate surface area is 425 Å². The lowest BCUT2D eigenvalue weighted by Crippen LogP contribution is -2.38. The van der Waals surface area contributed by atoms with Gasteiger partial charge in [-0.05, 0) is 132 Å². The first kappa shape index (κ1) is 45.9. The van der Waals surface area contributed by atoms with Crippen LogP contribution in [0.4, 0.5) is 0 Å². The first-order chi connectivity index (χ1) is 34.0. The third-order valence-electron chi connectivity index (χ3n) is 15.8. The minimum Gasteiger partial charge on any atom is -0.458 e. The molecule has 0 N–H and O–H groups in total. The van der Waals surface area contributed by atoms with Crippen LogP contribution in [-0.4, -0.2) is 14.1 Å². The smallest absolute Gasteiger partial charge is 0.244 e. The zero-order chi connectivity index (χ0) is 50.6. The molecule has 2 aliphatic rings. The first-order valence-electron chi connectivity index (χ1n) is 25.8. The summed E-state index contributed by atoms with van der Waals surface area (Å²) in [5.74, 6) is 2.40. The maximum atomic E-state index is 7.12. The summed E-state index contributed by atoms with van der Waals surface area (Å²) in [7, 11) is 2.13. The van der Waals surface area contributed by atoms with Crippen molar-refractivity contribution in [3.05, 3.63) is 202 Å². The molecule has 12 rings (SSSR count). The highest BCUT2D eigenvalue weighted by Crippen LogP contribution is 2.65. The number of nitrogens with zero attached hydrogens (tertiary/aromatic N) is 4. The maximum absolute atomic E-state index is 7.12. The number of ether oxygens (including phenoxy) is 1. The number of hydrogen-bond acceptors (Lipinski definition) is 2. The third-order valence-corrected chi connectivity index (χ3v) is 15.8. The van der Waals surface area contributed by atoms with Crippen LogP contribution in [0, 0.1) is 13.3 Å². The Hall–Kier alpha value is -7.24. The van der Waals surface area contributed by atoms with Crippen molar-refractivity contribution in [1.82, 2.24) is 14.1 Å². The Balaban J connectivity index is 1.11. The van der Waals surface area contributed by atoms with E-state index in [1.165, 1.54) is 72.1 Å². The number of aryl methyl sites for hydroxylation is 2. The van der Waals surface area contributed by atoms with E-state index in [0.717, 1.165) is 56.1 Å². The van der Waals surface area contributed by atoms with Crippen molar-refractivity contribution in [3.8, 4) is 45.3 Å². The van der Waals surface area contributed by atoms with E-state index in [1.54, 1.807) is 0 Å². The molecule has 5 nitrogen and oxygen atoms in total. The van der Waals surface area contributed by atoms with Crippen molar-refractivity contribution in [2.24, 2.45) is 7.05 Å². The predicted molar refractivity (Wildman–Crippen MR) is 298 cm³/mol. The van der Waals surface area contributed by atoms with Crippen LogP contribution < -0.4 is 9.30 Å². The van der Waals surface area contributed by atoms with Crippen LogP contribution in [0.25, 0.3) is 66.6 Å². The van der Waals surface area contributed by atoms with E-state index >= 15 is 0 Å². The minimum absolute atomic E-state index is 0.0621. The van der Waals surface area contributed by atoms with Crippen LogP contribution in [0.1, 0.15) is 133 Å². The van der Waals surface area contributed by atoms with Gasteiger partial charge in [-0.3, -0.25) is 4.57 Å². The molecule has 0 radical (unpaired) electrons. The number of benzene rings is 7. The average Bonchev–Trinajstić information content (AvgIpc) is 3.95. The molecule has 10 aromatic rings. The second kappa shape index (κ2) is 15.4. The fourth-order valence-electron chi connectivity index (χ4n) is 12.2. The molecule has 0 bridgehead atoms. The molecule has 3 aromatic heterocycles. The van der Waals surface area contributed by atoms with Gasteiger partial charge in [0.15, 0.2) is 0 Å². The van der Waals surface area contributed by atoms with Gasteiger partial charge in [0.05, 0.1) is 40.2 Å². The lowest BCUT2D eigenvalue weighted by atomic mass is 9.60. The summed E-state index contributed by atoms with van der Waals surface area (Å²) in [5, 5.41) is 2.33. The van der Waals surface area contributed by atoms with Gasteiger partial charge in [-0.15, -0.1) is 0 Å². The van der Waals surface area contributed by atoms with Gasteiger partial charge in [0, 0.05) is 28.6 Å². The van der Waals surface area contributed by atoms with E-state index in [-0.39, 0.29) is 21.7 Å². The largest absolute Gasteiger partial charge is 0.458 e. The van der Waals surface area contributed by atoms with Gasteiger partial charge in [-0.25, -0.2) is 4.98 Å². The Morgan fingerprint density at radius 2 is 1.14 bits per heavy atom. The molecule has 0 fully saturated rings. The van der Waals surface area contributed by atoms with Crippen molar-refractivity contribution in [3.63, 3.8) is 0 Å². The predicted octanol–water partition coefficient (Wildman–Crippen LogP) is 16.4. The van der Waals surface area contributed by atoms with Crippen molar-refractivity contribution >= 4 is 32.8 Å². The molecule has 0 atom stereocenters. The first-order valence-corrected chi connectivity index (χ1v) is 25.8. The van der Waals surface area contributed by atoms with Crippen molar-refractivity contribution < 1.29 is 9.30 Å². The molecule has 1 spiro atoms. The zero-order valence-corrected chi connectivity index (χ0v) is 44.6. The lowest BCUT2D eigenvalue weighted by molar-refractivity contribution is -0.649. The van der Waals surface area contributed by atoms with Crippen LogP contribution in [0.5, 0.6) is 11.5 Å². The Morgan fingerprint density at radius 3 is 1.76 bits per heavy atom. The number of imidazole rings is 1. The van der Waals surface area contributed by atoms with Gasteiger partial charge < -0.3 is 13.9 Å². The highest BCUT2D eigenvalue weighted by molar-refractivity contribution is 6.09. The van der Waals surface area contributed by atoms with Gasteiger partial charge >= 0.3 is 0 Å². The highest BCUT2D eigenvalue weighted by atomic mass is 16.5. The summed E-state index contributed by atoms with van der Waals surface area (Å²) in [4.78, 5) is 5.12. The summed E-state index contributed by atoms with van der Waals surface area (Å²) in [6.45, 7) is 30.8.